The summed E-state index contributed by atoms with van der Waals surface area (Å²) in [5.41, 5.74) is 21.1. The van der Waals surface area contributed by atoms with Crippen LogP contribution in [0.15, 0.2) is 0 Å². The van der Waals surface area contributed by atoms with E-state index >= 15 is 0 Å². The molecule has 0 bridgehead atoms. The van der Waals surface area contributed by atoms with E-state index in [0.717, 1.165) is 21.6 Å². The quantitative estimate of drug-likeness (QED) is 0.0726. The van der Waals surface area contributed by atoms with Crippen LogP contribution in [0.3, 0.4) is 0 Å². The van der Waals surface area contributed by atoms with Crippen molar-refractivity contribution in [1.82, 2.24) is 10.6 Å². The van der Waals surface area contributed by atoms with E-state index in [4.69, 9.17) is 28.0 Å². The lowest BCUT2D eigenvalue weighted by atomic mass is 10.1. The zero-order valence-electron chi connectivity index (χ0n) is 17.0. The smallest absolute Gasteiger partial charge is 0.327 e. The molecule has 0 aliphatic rings. The van der Waals surface area contributed by atoms with Gasteiger partial charge in [0, 0.05) is 24.3 Å². The van der Waals surface area contributed by atoms with Gasteiger partial charge in [-0.1, -0.05) is 21.6 Å². The molecule has 0 aliphatic heterocycles. The Bertz CT molecular complexity index is 710. The number of hydrogen-bond acceptors (Lipinski definition) is 10. The standard InChI is InChI=1S/C16H28N6O8S2/c17-7(1-3-11(19)23)13(25)21-9(2-4-12(20)24)14(26)22-10(16(29)30)6-32-31-5-8(18)15(27)28/h7-10H,1-6,17-18H2,(H2,19,23)(H2,20,24)(H,21,25)(H,22,26)(H,27,28)(H,29,30)/t7-,8?,9-,10-/m0/s1. The predicted molar refractivity (Wildman–Crippen MR) is 117 cm³/mol. The van der Waals surface area contributed by atoms with Crippen LogP contribution >= 0.6 is 21.6 Å². The van der Waals surface area contributed by atoms with Gasteiger partial charge in [0.2, 0.25) is 23.6 Å². The van der Waals surface area contributed by atoms with Crippen LogP contribution in [0.5, 0.6) is 0 Å². The Morgan fingerprint density at radius 2 is 1.19 bits per heavy atom. The van der Waals surface area contributed by atoms with Crippen molar-refractivity contribution in [1.29, 1.82) is 0 Å². The van der Waals surface area contributed by atoms with Crippen LogP contribution in [0.25, 0.3) is 0 Å². The van der Waals surface area contributed by atoms with Gasteiger partial charge in [-0.25, -0.2) is 4.79 Å². The topological polar surface area (TPSA) is 271 Å². The molecule has 32 heavy (non-hydrogen) atoms. The largest absolute Gasteiger partial charge is 0.480 e. The van der Waals surface area contributed by atoms with Gasteiger partial charge < -0.3 is 43.8 Å². The van der Waals surface area contributed by atoms with Crippen molar-refractivity contribution in [2.24, 2.45) is 22.9 Å². The molecule has 0 saturated carbocycles. The molecule has 0 spiro atoms. The van der Waals surface area contributed by atoms with Crippen molar-refractivity contribution < 1.29 is 39.0 Å². The Hall–Kier alpha value is -2.56. The summed E-state index contributed by atoms with van der Waals surface area (Å²) in [5, 5.41) is 22.6. The fourth-order valence-corrected chi connectivity index (χ4v) is 4.29. The molecule has 0 saturated heterocycles. The van der Waals surface area contributed by atoms with Crippen molar-refractivity contribution in [3.63, 3.8) is 0 Å². The Labute approximate surface area is 191 Å². The number of aliphatic carboxylic acids is 2. The van der Waals surface area contributed by atoms with E-state index in [1.165, 1.54) is 0 Å². The Balaban J connectivity index is 5.00. The summed E-state index contributed by atoms with van der Waals surface area (Å²) < 4.78 is 0. The minimum Gasteiger partial charge on any atom is -0.480 e. The fourth-order valence-electron chi connectivity index (χ4n) is 2.02. The average molecular weight is 497 g/mol. The molecule has 182 valence electrons. The SMILES string of the molecule is NC(=O)CC[C@H](NC(=O)[C@@H](N)CCC(N)=O)C(=O)N[C@@H](CSSCC(N)C(=O)O)C(=O)O. The second kappa shape index (κ2) is 15.3. The highest BCUT2D eigenvalue weighted by Crippen LogP contribution is 2.22. The van der Waals surface area contributed by atoms with Gasteiger partial charge in [-0.3, -0.25) is 24.0 Å². The molecular weight excluding hydrogens is 468 g/mol. The van der Waals surface area contributed by atoms with E-state index in [-0.39, 0.29) is 37.2 Å². The highest BCUT2D eigenvalue weighted by molar-refractivity contribution is 8.76. The number of nitrogens with two attached hydrogens (primary N) is 4. The van der Waals surface area contributed by atoms with Gasteiger partial charge in [-0.05, 0) is 12.8 Å². The molecule has 0 radical (unpaired) electrons. The number of primary amides is 2. The van der Waals surface area contributed by atoms with Crippen molar-refractivity contribution in [2.75, 3.05) is 11.5 Å². The molecule has 0 fully saturated rings. The molecule has 0 aliphatic carbocycles. The molecule has 1 unspecified atom stereocenters. The number of carbonyl (C=O) groups is 6. The van der Waals surface area contributed by atoms with Crippen molar-refractivity contribution in [2.45, 2.75) is 49.9 Å². The summed E-state index contributed by atoms with van der Waals surface area (Å²) in [4.78, 5) is 68.8. The second-order valence-corrected chi connectivity index (χ2v) is 9.14. The van der Waals surface area contributed by atoms with E-state index in [1.54, 1.807) is 0 Å². The third-order valence-electron chi connectivity index (χ3n) is 3.85. The van der Waals surface area contributed by atoms with E-state index in [9.17, 15) is 33.9 Å². The van der Waals surface area contributed by atoms with Crippen molar-refractivity contribution in [3.05, 3.63) is 0 Å². The van der Waals surface area contributed by atoms with E-state index < -0.39 is 59.7 Å². The lowest BCUT2D eigenvalue weighted by Gasteiger charge is -2.22. The number of carboxylic acid groups (broad SMARTS) is 2. The molecule has 16 heteroatoms. The summed E-state index contributed by atoms with van der Waals surface area (Å²) in [5.74, 6) is -5.78. The average Bonchev–Trinajstić information content (AvgIpc) is 2.70. The van der Waals surface area contributed by atoms with Gasteiger partial charge in [0.25, 0.3) is 0 Å². The third-order valence-corrected chi connectivity index (χ3v) is 6.30. The van der Waals surface area contributed by atoms with Gasteiger partial charge in [-0.2, -0.15) is 0 Å². The highest BCUT2D eigenvalue weighted by Gasteiger charge is 2.28. The Morgan fingerprint density at radius 1 is 0.688 bits per heavy atom. The number of carboxylic acids is 2. The van der Waals surface area contributed by atoms with Crippen molar-refractivity contribution >= 4 is 57.2 Å². The van der Waals surface area contributed by atoms with Gasteiger partial charge in [0.05, 0.1) is 6.04 Å². The summed E-state index contributed by atoms with van der Waals surface area (Å²) >= 11 is 0. The van der Waals surface area contributed by atoms with Crippen LogP contribution in [-0.4, -0.2) is 81.5 Å². The van der Waals surface area contributed by atoms with Crippen LogP contribution in [0, 0.1) is 0 Å². The van der Waals surface area contributed by atoms with E-state index in [2.05, 4.69) is 10.6 Å². The number of carbonyl (C=O) groups excluding carboxylic acids is 4. The summed E-state index contributed by atoms with van der Waals surface area (Å²) in [6, 6.07) is -4.98. The third kappa shape index (κ3) is 13.0. The predicted octanol–water partition coefficient (Wildman–Crippen LogP) is -3.31. The molecule has 0 aromatic rings. The fraction of sp³-hybridized carbons (Fsp3) is 0.625. The van der Waals surface area contributed by atoms with Gasteiger partial charge >= 0.3 is 11.9 Å². The van der Waals surface area contributed by atoms with E-state index in [0.29, 0.717) is 0 Å². The number of amides is 4. The number of nitrogens with one attached hydrogen (secondary N) is 2. The molecular formula is C16H28N6O8S2. The first-order chi connectivity index (χ1) is 14.8. The maximum atomic E-state index is 12.6. The van der Waals surface area contributed by atoms with Crippen LogP contribution in [0.1, 0.15) is 25.7 Å². The zero-order chi connectivity index (χ0) is 24.8. The molecule has 14 nitrogen and oxygen atoms in total. The summed E-state index contributed by atoms with van der Waals surface area (Å²) in [6.07, 6.45) is -0.717. The first-order valence-electron chi connectivity index (χ1n) is 9.23. The van der Waals surface area contributed by atoms with Crippen LogP contribution in [-0.2, 0) is 28.8 Å². The maximum Gasteiger partial charge on any atom is 0.327 e. The minimum atomic E-state index is -1.38. The van der Waals surface area contributed by atoms with Crippen molar-refractivity contribution in [3.8, 4) is 0 Å². The summed E-state index contributed by atoms with van der Waals surface area (Å²) in [6.45, 7) is 0. The van der Waals surface area contributed by atoms with Gasteiger partial charge in [-0.15, -0.1) is 0 Å². The first-order valence-corrected chi connectivity index (χ1v) is 11.7. The zero-order valence-corrected chi connectivity index (χ0v) is 18.7. The molecule has 12 N–H and O–H groups in total. The molecule has 0 rings (SSSR count). The minimum absolute atomic E-state index is 0.0147. The van der Waals surface area contributed by atoms with Gasteiger partial charge in [0.1, 0.15) is 18.1 Å². The normalized spacial score (nSPS) is 14.4. The molecule has 0 heterocycles. The van der Waals surface area contributed by atoms with Crippen LogP contribution < -0.4 is 33.6 Å². The summed E-state index contributed by atoms with van der Waals surface area (Å²) in [7, 11) is 2.01. The number of hydrogen-bond donors (Lipinski definition) is 8. The Morgan fingerprint density at radius 3 is 1.69 bits per heavy atom. The first kappa shape index (κ1) is 29.4. The molecule has 0 aromatic heterocycles. The lowest BCUT2D eigenvalue weighted by Crippen LogP contribution is -2.55. The molecule has 4 amide bonds. The van der Waals surface area contributed by atoms with Gasteiger partial charge in [0.15, 0.2) is 0 Å². The lowest BCUT2D eigenvalue weighted by molar-refractivity contribution is -0.141. The van der Waals surface area contributed by atoms with Crippen LogP contribution in [0.2, 0.25) is 0 Å². The second-order valence-electron chi connectivity index (χ2n) is 6.59. The molecule has 4 atom stereocenters. The van der Waals surface area contributed by atoms with E-state index in [1.807, 2.05) is 0 Å². The van der Waals surface area contributed by atoms with Crippen LogP contribution in [0.4, 0.5) is 0 Å². The molecule has 0 aromatic carbocycles. The number of rotatable bonds is 17. The highest BCUT2D eigenvalue weighted by atomic mass is 33.1. The maximum absolute atomic E-state index is 12.6. The Kier molecular flexibility index (Phi) is 14.1. The monoisotopic (exact) mass is 496 g/mol.